The van der Waals surface area contributed by atoms with Crippen LogP contribution in [0.2, 0.25) is 0 Å². The molecular formula is C24H24N2O5. The van der Waals surface area contributed by atoms with Crippen molar-refractivity contribution >= 4 is 29.6 Å². The molecule has 1 heterocycles. The molecular weight excluding hydrogens is 396 g/mol. The average Bonchev–Trinajstić information content (AvgIpc) is 2.73. The topological polar surface area (TPSA) is 84.9 Å². The third-order valence-electron chi connectivity index (χ3n) is 4.79. The first-order valence-corrected chi connectivity index (χ1v) is 9.85. The Bertz CT molecular complexity index is 1090. The van der Waals surface area contributed by atoms with E-state index in [0.717, 1.165) is 16.0 Å². The van der Waals surface area contributed by atoms with Crippen LogP contribution in [0.5, 0.6) is 11.5 Å². The summed E-state index contributed by atoms with van der Waals surface area (Å²) in [6, 6.07) is 9.52. The number of urea groups is 1. The molecule has 0 radical (unpaired) electrons. The van der Waals surface area contributed by atoms with Gasteiger partial charge in [0.15, 0.2) is 11.5 Å². The second kappa shape index (κ2) is 9.30. The lowest BCUT2D eigenvalue weighted by Crippen LogP contribution is -2.54. The summed E-state index contributed by atoms with van der Waals surface area (Å²) in [4.78, 5) is 38.9. The minimum atomic E-state index is -0.779. The zero-order valence-corrected chi connectivity index (χ0v) is 17.7. The number of aryl methyl sites for hydroxylation is 2. The second-order valence-electron chi connectivity index (χ2n) is 6.97. The molecule has 2 aromatic carbocycles. The Labute approximate surface area is 181 Å². The number of amides is 4. The molecule has 1 aliphatic heterocycles. The van der Waals surface area contributed by atoms with Crippen molar-refractivity contribution in [3.8, 4) is 11.5 Å². The van der Waals surface area contributed by atoms with Gasteiger partial charge in [0, 0.05) is 0 Å². The Morgan fingerprint density at radius 3 is 2.45 bits per heavy atom. The molecule has 0 aromatic heterocycles. The Morgan fingerprint density at radius 1 is 1.00 bits per heavy atom. The molecule has 0 aliphatic carbocycles. The molecule has 160 valence electrons. The first-order valence-electron chi connectivity index (χ1n) is 9.85. The molecule has 2 aromatic rings. The Hall–Kier alpha value is -3.87. The summed E-state index contributed by atoms with van der Waals surface area (Å²) in [5.41, 5.74) is 2.76. The van der Waals surface area contributed by atoms with Crippen molar-refractivity contribution in [1.29, 1.82) is 0 Å². The fourth-order valence-corrected chi connectivity index (χ4v) is 3.07. The fraction of sp³-hybridized carbons (Fsp3) is 0.208. The summed E-state index contributed by atoms with van der Waals surface area (Å²) in [6.07, 6.45) is 3.05. The van der Waals surface area contributed by atoms with Gasteiger partial charge in [0.25, 0.3) is 11.8 Å². The summed E-state index contributed by atoms with van der Waals surface area (Å²) in [5, 5.41) is 2.23. The standard InChI is InChI=1S/C24H24N2O5/c1-5-11-31-20-10-8-17(14-21(20)30-6-2)13-19-22(27)25-24(29)26(23(19)28)18-9-7-15(3)16(4)12-18/h5,7-10,12-14H,1,6,11H2,2-4H3,(H,25,27,29)/b19-13+. The summed E-state index contributed by atoms with van der Waals surface area (Å²) in [7, 11) is 0. The number of ether oxygens (including phenoxy) is 2. The number of anilines is 1. The molecule has 0 spiro atoms. The number of nitrogens with zero attached hydrogens (tertiary/aromatic N) is 1. The van der Waals surface area contributed by atoms with E-state index >= 15 is 0 Å². The van der Waals surface area contributed by atoms with Crippen LogP contribution in [0.3, 0.4) is 0 Å². The largest absolute Gasteiger partial charge is 0.490 e. The van der Waals surface area contributed by atoms with E-state index in [4.69, 9.17) is 9.47 Å². The Morgan fingerprint density at radius 2 is 1.77 bits per heavy atom. The second-order valence-corrected chi connectivity index (χ2v) is 6.97. The van der Waals surface area contributed by atoms with Gasteiger partial charge in [-0.2, -0.15) is 0 Å². The molecule has 0 saturated carbocycles. The van der Waals surface area contributed by atoms with Gasteiger partial charge < -0.3 is 9.47 Å². The van der Waals surface area contributed by atoms with Crippen LogP contribution in [-0.2, 0) is 9.59 Å². The molecule has 0 atom stereocenters. The molecule has 3 rings (SSSR count). The number of carbonyl (C=O) groups excluding carboxylic acids is 3. The van der Waals surface area contributed by atoms with Gasteiger partial charge in [-0.1, -0.05) is 24.8 Å². The van der Waals surface area contributed by atoms with E-state index in [9.17, 15) is 14.4 Å². The molecule has 7 nitrogen and oxygen atoms in total. The monoisotopic (exact) mass is 420 g/mol. The van der Waals surface area contributed by atoms with E-state index in [1.54, 1.807) is 36.4 Å². The Balaban J connectivity index is 1.98. The summed E-state index contributed by atoms with van der Waals surface area (Å²) in [5.74, 6) is -0.443. The van der Waals surface area contributed by atoms with Crippen molar-refractivity contribution in [2.45, 2.75) is 20.8 Å². The van der Waals surface area contributed by atoms with E-state index in [-0.39, 0.29) is 5.57 Å². The number of imide groups is 2. The smallest absolute Gasteiger partial charge is 0.335 e. The Kier molecular flexibility index (Phi) is 6.55. The van der Waals surface area contributed by atoms with E-state index in [1.807, 2.05) is 26.8 Å². The number of hydrogen-bond acceptors (Lipinski definition) is 5. The van der Waals surface area contributed by atoms with Gasteiger partial charge in [0.2, 0.25) is 0 Å². The van der Waals surface area contributed by atoms with Gasteiger partial charge in [-0.05, 0) is 67.8 Å². The molecule has 1 saturated heterocycles. The highest BCUT2D eigenvalue weighted by Crippen LogP contribution is 2.30. The van der Waals surface area contributed by atoms with E-state index < -0.39 is 17.8 Å². The third kappa shape index (κ3) is 4.66. The lowest BCUT2D eigenvalue weighted by atomic mass is 10.0. The number of hydrogen-bond donors (Lipinski definition) is 1. The number of carbonyl (C=O) groups is 3. The highest BCUT2D eigenvalue weighted by molar-refractivity contribution is 6.39. The lowest BCUT2D eigenvalue weighted by Gasteiger charge is -2.27. The predicted molar refractivity (Wildman–Crippen MR) is 118 cm³/mol. The van der Waals surface area contributed by atoms with Crippen molar-refractivity contribution in [2.75, 3.05) is 18.1 Å². The highest BCUT2D eigenvalue weighted by Gasteiger charge is 2.36. The summed E-state index contributed by atoms with van der Waals surface area (Å²) >= 11 is 0. The molecule has 1 fully saturated rings. The van der Waals surface area contributed by atoms with Crippen molar-refractivity contribution < 1.29 is 23.9 Å². The first kappa shape index (κ1) is 21.8. The van der Waals surface area contributed by atoms with Gasteiger partial charge in [0.05, 0.1) is 12.3 Å². The fourth-order valence-electron chi connectivity index (χ4n) is 3.07. The average molecular weight is 420 g/mol. The summed E-state index contributed by atoms with van der Waals surface area (Å²) < 4.78 is 11.2. The van der Waals surface area contributed by atoms with Crippen LogP contribution < -0.4 is 19.7 Å². The van der Waals surface area contributed by atoms with Gasteiger partial charge >= 0.3 is 6.03 Å². The number of barbiturate groups is 1. The van der Waals surface area contributed by atoms with Crippen molar-refractivity contribution in [3.05, 3.63) is 71.3 Å². The summed E-state index contributed by atoms with van der Waals surface area (Å²) in [6.45, 7) is 10.0. The van der Waals surface area contributed by atoms with Crippen molar-refractivity contribution in [2.24, 2.45) is 0 Å². The molecule has 4 amide bonds. The number of benzene rings is 2. The number of rotatable bonds is 7. The molecule has 1 N–H and O–H groups in total. The molecule has 0 bridgehead atoms. The van der Waals surface area contributed by atoms with Crippen LogP contribution in [0.4, 0.5) is 10.5 Å². The third-order valence-corrected chi connectivity index (χ3v) is 4.79. The zero-order chi connectivity index (χ0) is 22.5. The molecule has 0 unspecified atom stereocenters. The van der Waals surface area contributed by atoms with Gasteiger partial charge in [-0.3, -0.25) is 14.9 Å². The maximum atomic E-state index is 13.1. The van der Waals surface area contributed by atoms with Crippen molar-refractivity contribution in [3.63, 3.8) is 0 Å². The molecule has 31 heavy (non-hydrogen) atoms. The minimum absolute atomic E-state index is 0.153. The van der Waals surface area contributed by atoms with Gasteiger partial charge in [-0.15, -0.1) is 0 Å². The maximum absolute atomic E-state index is 13.1. The van der Waals surface area contributed by atoms with Crippen LogP contribution in [0, 0.1) is 13.8 Å². The van der Waals surface area contributed by atoms with Crippen LogP contribution in [0.15, 0.2) is 54.6 Å². The molecule has 7 heteroatoms. The van der Waals surface area contributed by atoms with Gasteiger partial charge in [-0.25, -0.2) is 9.69 Å². The molecule has 1 aliphatic rings. The van der Waals surface area contributed by atoms with Crippen LogP contribution in [-0.4, -0.2) is 31.1 Å². The van der Waals surface area contributed by atoms with Crippen LogP contribution >= 0.6 is 0 Å². The minimum Gasteiger partial charge on any atom is -0.490 e. The van der Waals surface area contributed by atoms with Gasteiger partial charge in [0.1, 0.15) is 12.2 Å². The highest BCUT2D eigenvalue weighted by atomic mass is 16.5. The van der Waals surface area contributed by atoms with Crippen LogP contribution in [0.25, 0.3) is 6.08 Å². The van der Waals surface area contributed by atoms with E-state index in [2.05, 4.69) is 11.9 Å². The van der Waals surface area contributed by atoms with E-state index in [0.29, 0.717) is 36.0 Å². The lowest BCUT2D eigenvalue weighted by molar-refractivity contribution is -0.122. The van der Waals surface area contributed by atoms with E-state index in [1.165, 1.54) is 6.08 Å². The predicted octanol–water partition coefficient (Wildman–Crippen LogP) is 3.93. The maximum Gasteiger partial charge on any atom is 0.335 e. The van der Waals surface area contributed by atoms with Crippen molar-refractivity contribution in [1.82, 2.24) is 5.32 Å². The SMILES string of the molecule is C=CCOc1ccc(/C=C2\C(=O)NC(=O)N(c3ccc(C)c(C)c3)C2=O)cc1OCC. The first-order chi connectivity index (χ1) is 14.8. The quantitative estimate of drug-likeness (QED) is 0.417. The zero-order valence-electron chi connectivity index (χ0n) is 17.7. The normalized spacial score (nSPS) is 15.1. The van der Waals surface area contributed by atoms with Crippen LogP contribution in [0.1, 0.15) is 23.6 Å². The number of nitrogens with one attached hydrogen (secondary N) is 1.